The third-order valence-corrected chi connectivity index (χ3v) is 16.4. The fourth-order valence-corrected chi connectivity index (χ4v) is 12.2. The van der Waals surface area contributed by atoms with E-state index in [-0.39, 0.29) is 77.4 Å². The van der Waals surface area contributed by atoms with Gasteiger partial charge in [-0.05, 0) is 110 Å². The number of aromatic nitrogens is 5. The molecule has 7 nitrogen and oxygen atoms in total. The molecule has 5 heterocycles. The second kappa shape index (κ2) is 19.1. The van der Waals surface area contributed by atoms with E-state index in [0.29, 0.717) is 62.1 Å². The number of benzene rings is 11. The zero-order valence-corrected chi connectivity index (χ0v) is 47.1. The molecule has 0 fully saturated rings. The van der Waals surface area contributed by atoms with Gasteiger partial charge in [-0.15, -0.1) is 0 Å². The van der Waals surface area contributed by atoms with Gasteiger partial charge in [-0.2, -0.15) is 0 Å². The highest BCUT2D eigenvalue weighted by molar-refractivity contribution is 6.99. The summed E-state index contributed by atoms with van der Waals surface area (Å²) >= 11 is 0. The molecule has 16 rings (SSSR count). The van der Waals surface area contributed by atoms with E-state index in [0.717, 1.165) is 27.7 Å². The number of hydrogen-bond acceptors (Lipinski definition) is 5. The van der Waals surface area contributed by atoms with Gasteiger partial charge in [0.1, 0.15) is 11.5 Å². The smallest absolute Gasteiger partial charge is 0.256 e. The molecule has 2 aliphatic rings. The van der Waals surface area contributed by atoms with E-state index in [1.54, 1.807) is 18.2 Å². The number of para-hydroxylation sites is 5. The fourth-order valence-electron chi connectivity index (χ4n) is 12.2. The Balaban J connectivity index is 1.07. The lowest BCUT2D eigenvalue weighted by atomic mass is 9.34. The van der Waals surface area contributed by atoms with Crippen molar-refractivity contribution in [3.63, 3.8) is 0 Å². The van der Waals surface area contributed by atoms with Crippen LogP contribution in [0.1, 0.15) is 74.6 Å². The SMILES string of the molecule is [2H]c1c([2H])c([2H])c2c(c1[2H])c1c([2H])c([2H])c([2H])c([2H])c1n2-c1ccc2c(c1)N(c1ccccc1-c1nc(-c3ccccc3)nc(-c3ccccc3)n1)c1cc(-n3c4c([2H])c([2H])c([2H])c([2H])c4c4c([2H])c([2H])c([2H])c([2H])c43)cc3c1B2c1ccc(-c2cc(C(C)(C)C)cc(C(C)(C)C)c2)cc1O3. The topological polar surface area (TPSA) is 61.0 Å². The van der Waals surface area contributed by atoms with E-state index in [4.69, 9.17) is 30.7 Å². The molecule has 14 aromatic rings. The molecule has 0 saturated carbocycles. The van der Waals surface area contributed by atoms with Crippen molar-refractivity contribution in [3.05, 3.63) is 259 Å². The highest BCUT2D eigenvalue weighted by Crippen LogP contribution is 2.48. The first kappa shape index (κ1) is 36.3. The predicted molar refractivity (Wildman–Crippen MR) is 354 cm³/mol. The minimum atomic E-state index is -0.739. The molecule has 0 atom stereocenters. The summed E-state index contributed by atoms with van der Waals surface area (Å²) in [6.07, 6.45) is 0. The molecule has 0 N–H and O–H groups in total. The van der Waals surface area contributed by atoms with Crippen LogP contribution >= 0.6 is 0 Å². The van der Waals surface area contributed by atoms with Gasteiger partial charge in [-0.25, -0.2) is 15.0 Å². The van der Waals surface area contributed by atoms with Crippen molar-refractivity contribution in [2.75, 3.05) is 4.90 Å². The Kier molecular flexibility index (Phi) is 8.17. The van der Waals surface area contributed by atoms with Crippen LogP contribution in [0, 0.1) is 0 Å². The van der Waals surface area contributed by atoms with E-state index in [2.05, 4.69) is 65.8 Å². The third-order valence-electron chi connectivity index (χ3n) is 16.4. The first-order valence-electron chi connectivity index (χ1n) is 36.1. The first-order valence-corrected chi connectivity index (χ1v) is 28.1. The summed E-state index contributed by atoms with van der Waals surface area (Å²) < 4.78 is 159. The van der Waals surface area contributed by atoms with Crippen molar-refractivity contribution in [2.24, 2.45) is 0 Å². The second-order valence-electron chi connectivity index (χ2n) is 23.7. The van der Waals surface area contributed by atoms with Crippen LogP contribution in [0.2, 0.25) is 0 Å². The standard InChI is InChI=1S/C77H59BN6O/c1-76(2,3)52-41-51(42-53(44-52)77(4,5)6)50-37-39-62-70(43-50)85-71-47-55(83-65-34-20-15-29-58(65)59-30-16-21-35-66(59)83)46-69-72(71)78(62)61-40-38-54(82-63-32-18-13-27-56(63)57-28-14-19-33-64(57)82)45-68(61)84(69)67-36-22-17-31-60(67)75-80-73(48-23-9-7-10-24-48)79-74(81-75)49-25-11-8-12-26-49/h7-47H,1-6H3/i13D,14D,15D,16D,18D,19D,20D,21D,27D,28D,29D,30D,32D,33D,34D,35D. The summed E-state index contributed by atoms with van der Waals surface area (Å²) in [4.78, 5) is 17.5. The van der Waals surface area contributed by atoms with Gasteiger partial charge < -0.3 is 18.8 Å². The zero-order chi connectivity index (χ0) is 71.2. The molecule has 0 radical (unpaired) electrons. The van der Waals surface area contributed by atoms with Crippen molar-refractivity contribution in [1.82, 2.24) is 24.1 Å². The summed E-state index contributed by atoms with van der Waals surface area (Å²) in [6.45, 7) is 12.3. The molecular weight excluding hydrogens is 1040 g/mol. The quantitative estimate of drug-likeness (QED) is 0.149. The molecule has 0 aliphatic carbocycles. The molecule has 8 heteroatoms. The number of ether oxygens (including phenoxy) is 1. The van der Waals surface area contributed by atoms with Crippen LogP contribution in [0.5, 0.6) is 11.5 Å². The van der Waals surface area contributed by atoms with Crippen LogP contribution < -0.4 is 26.0 Å². The number of nitrogens with zero attached hydrogens (tertiary/aromatic N) is 6. The van der Waals surface area contributed by atoms with Gasteiger partial charge in [0, 0.05) is 61.4 Å². The van der Waals surface area contributed by atoms with Crippen LogP contribution in [-0.2, 0) is 10.8 Å². The Morgan fingerprint density at radius 3 is 1.42 bits per heavy atom. The van der Waals surface area contributed by atoms with Gasteiger partial charge in [0.25, 0.3) is 6.71 Å². The van der Waals surface area contributed by atoms with Crippen molar-refractivity contribution in [2.45, 2.75) is 52.4 Å². The highest BCUT2D eigenvalue weighted by Gasteiger charge is 2.43. The Bertz CT molecular complexity index is 5760. The third kappa shape index (κ3) is 8.22. The second-order valence-corrected chi connectivity index (χ2v) is 23.7. The van der Waals surface area contributed by atoms with E-state index in [1.807, 2.05) is 114 Å². The largest absolute Gasteiger partial charge is 0.458 e. The Morgan fingerprint density at radius 2 is 0.871 bits per heavy atom. The minimum Gasteiger partial charge on any atom is -0.458 e. The number of hydrogen-bond donors (Lipinski definition) is 0. The predicted octanol–water partition coefficient (Wildman–Crippen LogP) is 17.7. The van der Waals surface area contributed by atoms with Gasteiger partial charge in [-0.1, -0.05) is 223 Å². The lowest BCUT2D eigenvalue weighted by Gasteiger charge is -2.41. The maximum atomic E-state index is 9.72. The zero-order valence-electron chi connectivity index (χ0n) is 63.1. The van der Waals surface area contributed by atoms with E-state index >= 15 is 0 Å². The molecule has 406 valence electrons. The molecule has 85 heavy (non-hydrogen) atoms. The average Bonchev–Trinajstić information content (AvgIpc) is 1.62. The molecule has 11 aromatic carbocycles. The summed E-state index contributed by atoms with van der Waals surface area (Å²) in [5.74, 6) is 1.66. The van der Waals surface area contributed by atoms with Gasteiger partial charge in [0.2, 0.25) is 0 Å². The average molecular weight is 1110 g/mol. The Morgan fingerprint density at radius 1 is 0.388 bits per heavy atom. The van der Waals surface area contributed by atoms with Crippen LogP contribution in [-0.4, -0.2) is 30.8 Å². The number of rotatable bonds is 7. The molecular formula is C77H59BN6O. The Hall–Kier alpha value is -10.3. The summed E-state index contributed by atoms with van der Waals surface area (Å²) in [7, 11) is 0. The van der Waals surface area contributed by atoms with Gasteiger partial charge >= 0.3 is 0 Å². The normalized spacial score (nSPS) is 15.5. The maximum Gasteiger partial charge on any atom is 0.256 e. The molecule has 0 bridgehead atoms. The van der Waals surface area contributed by atoms with E-state index in [9.17, 15) is 11.0 Å². The molecule has 0 amide bonds. The summed E-state index contributed by atoms with van der Waals surface area (Å²) in [6, 6.07) is 39.2. The summed E-state index contributed by atoms with van der Waals surface area (Å²) in [5, 5.41) is -0.504. The first-order chi connectivity index (χ1) is 48.0. The lowest BCUT2D eigenvalue weighted by molar-refractivity contribution is 0.487. The lowest BCUT2D eigenvalue weighted by Crippen LogP contribution is -2.59. The van der Waals surface area contributed by atoms with Crippen molar-refractivity contribution in [1.29, 1.82) is 0 Å². The Labute approximate surface area is 517 Å². The van der Waals surface area contributed by atoms with Gasteiger partial charge in [0.15, 0.2) is 17.5 Å². The van der Waals surface area contributed by atoms with E-state index < -0.39 is 103 Å². The van der Waals surface area contributed by atoms with Crippen molar-refractivity contribution in [3.8, 4) is 68.2 Å². The monoisotopic (exact) mass is 1110 g/mol. The number of anilines is 3. The van der Waals surface area contributed by atoms with Crippen LogP contribution in [0.15, 0.2) is 248 Å². The molecule has 0 unspecified atom stereocenters. The van der Waals surface area contributed by atoms with Crippen molar-refractivity contribution >= 4 is 83.8 Å². The van der Waals surface area contributed by atoms with Gasteiger partial charge in [0.05, 0.1) is 55.4 Å². The summed E-state index contributed by atoms with van der Waals surface area (Å²) in [5.41, 5.74) is 8.57. The highest BCUT2D eigenvalue weighted by atomic mass is 16.5. The van der Waals surface area contributed by atoms with Crippen LogP contribution in [0.4, 0.5) is 17.1 Å². The molecule has 2 aliphatic heterocycles. The minimum absolute atomic E-state index is 0.104. The molecule has 0 saturated heterocycles. The van der Waals surface area contributed by atoms with Crippen molar-refractivity contribution < 1.29 is 26.7 Å². The van der Waals surface area contributed by atoms with Gasteiger partial charge in [-0.3, -0.25) is 0 Å². The van der Waals surface area contributed by atoms with E-state index in [1.165, 1.54) is 9.13 Å². The maximum absolute atomic E-state index is 9.72. The number of fused-ring (bicyclic) bond motifs is 10. The molecule has 3 aromatic heterocycles. The van der Waals surface area contributed by atoms with Crippen LogP contribution in [0.3, 0.4) is 0 Å². The fraction of sp³-hybridized carbons (Fsp3) is 0.104. The molecule has 0 spiro atoms. The van der Waals surface area contributed by atoms with Crippen LogP contribution in [0.25, 0.3) is 100 Å².